The molecule has 0 aliphatic heterocycles. The third-order valence-electron chi connectivity index (χ3n) is 2.94. The number of hydrogen-bond donors (Lipinski definition) is 1. The number of carbonyl (C=O) groups is 1. The summed E-state index contributed by atoms with van der Waals surface area (Å²) in [6.45, 7) is 6.74. The number of aromatic nitrogens is 2. The Hall–Kier alpha value is -2.10. The molecule has 100 valence electrons. The quantitative estimate of drug-likeness (QED) is 0.921. The standard InChI is InChI=1S/C15H18N2O2/c1-15(2,3)13-9-12(14(18)19)16-17(13)10-11-7-5-4-6-8-11/h4-9H,10H2,1-3H3,(H,18,19). The lowest BCUT2D eigenvalue weighted by molar-refractivity contribution is 0.0689. The van der Waals surface area contributed by atoms with Crippen molar-refractivity contribution in [1.82, 2.24) is 9.78 Å². The maximum atomic E-state index is 11.1. The Kier molecular flexibility index (Phi) is 3.42. The van der Waals surface area contributed by atoms with Crippen LogP contribution >= 0.6 is 0 Å². The van der Waals surface area contributed by atoms with Crippen molar-refractivity contribution in [2.75, 3.05) is 0 Å². The zero-order valence-electron chi connectivity index (χ0n) is 11.4. The summed E-state index contributed by atoms with van der Waals surface area (Å²) in [5.74, 6) is -0.989. The maximum Gasteiger partial charge on any atom is 0.356 e. The van der Waals surface area contributed by atoms with Crippen LogP contribution in [0.3, 0.4) is 0 Å². The molecule has 1 heterocycles. The van der Waals surface area contributed by atoms with Crippen LogP contribution in [-0.2, 0) is 12.0 Å². The molecule has 0 saturated heterocycles. The van der Waals surface area contributed by atoms with Gasteiger partial charge in [-0.15, -0.1) is 0 Å². The van der Waals surface area contributed by atoms with Crippen molar-refractivity contribution < 1.29 is 9.90 Å². The molecule has 0 amide bonds. The average molecular weight is 258 g/mol. The number of hydrogen-bond acceptors (Lipinski definition) is 2. The Morgan fingerprint density at radius 3 is 2.42 bits per heavy atom. The van der Waals surface area contributed by atoms with Gasteiger partial charge in [0.2, 0.25) is 0 Å². The predicted octanol–water partition coefficient (Wildman–Crippen LogP) is 2.93. The van der Waals surface area contributed by atoms with Crippen LogP contribution in [0.1, 0.15) is 42.5 Å². The largest absolute Gasteiger partial charge is 0.476 e. The minimum Gasteiger partial charge on any atom is -0.476 e. The van der Waals surface area contributed by atoms with Gasteiger partial charge in [-0.2, -0.15) is 5.10 Å². The summed E-state index contributed by atoms with van der Waals surface area (Å²) < 4.78 is 1.78. The van der Waals surface area contributed by atoms with Gasteiger partial charge in [0.15, 0.2) is 5.69 Å². The first-order chi connectivity index (χ1) is 8.88. The summed E-state index contributed by atoms with van der Waals surface area (Å²) in [4.78, 5) is 11.1. The number of carboxylic acid groups (broad SMARTS) is 1. The van der Waals surface area contributed by atoms with Crippen molar-refractivity contribution in [1.29, 1.82) is 0 Å². The monoisotopic (exact) mass is 258 g/mol. The highest BCUT2D eigenvalue weighted by molar-refractivity contribution is 5.85. The number of aromatic carboxylic acids is 1. The lowest BCUT2D eigenvalue weighted by Crippen LogP contribution is -2.18. The Labute approximate surface area is 112 Å². The van der Waals surface area contributed by atoms with E-state index in [4.69, 9.17) is 5.11 Å². The SMILES string of the molecule is CC(C)(C)c1cc(C(=O)O)nn1Cc1ccccc1. The highest BCUT2D eigenvalue weighted by Crippen LogP contribution is 2.24. The second-order valence-electron chi connectivity index (χ2n) is 5.61. The Balaban J connectivity index is 2.41. The fraction of sp³-hybridized carbons (Fsp3) is 0.333. The summed E-state index contributed by atoms with van der Waals surface area (Å²) in [6, 6.07) is 11.6. The average Bonchev–Trinajstić information content (AvgIpc) is 2.74. The van der Waals surface area contributed by atoms with E-state index < -0.39 is 5.97 Å². The van der Waals surface area contributed by atoms with Crippen LogP contribution in [0.4, 0.5) is 0 Å². The van der Waals surface area contributed by atoms with E-state index in [1.807, 2.05) is 30.3 Å². The molecule has 2 rings (SSSR count). The van der Waals surface area contributed by atoms with Gasteiger partial charge in [0.05, 0.1) is 6.54 Å². The molecule has 0 saturated carbocycles. The molecular formula is C15H18N2O2. The molecule has 0 spiro atoms. The molecule has 1 N–H and O–H groups in total. The topological polar surface area (TPSA) is 55.1 Å². The second-order valence-corrected chi connectivity index (χ2v) is 5.61. The first kappa shape index (κ1) is 13.3. The van der Waals surface area contributed by atoms with E-state index in [1.165, 1.54) is 0 Å². The first-order valence-corrected chi connectivity index (χ1v) is 6.23. The summed E-state index contributed by atoms with van der Waals surface area (Å²) in [7, 11) is 0. The van der Waals surface area contributed by atoms with Crippen LogP contribution < -0.4 is 0 Å². The molecule has 1 aromatic heterocycles. The fourth-order valence-corrected chi connectivity index (χ4v) is 2.00. The molecule has 0 atom stereocenters. The van der Waals surface area contributed by atoms with Gasteiger partial charge in [0.25, 0.3) is 0 Å². The van der Waals surface area contributed by atoms with Gasteiger partial charge in [-0.25, -0.2) is 4.79 Å². The number of carboxylic acids is 1. The highest BCUT2D eigenvalue weighted by atomic mass is 16.4. The molecule has 4 heteroatoms. The van der Waals surface area contributed by atoms with E-state index in [9.17, 15) is 4.79 Å². The third-order valence-corrected chi connectivity index (χ3v) is 2.94. The molecule has 4 nitrogen and oxygen atoms in total. The first-order valence-electron chi connectivity index (χ1n) is 6.23. The van der Waals surface area contributed by atoms with Gasteiger partial charge in [-0.3, -0.25) is 4.68 Å². The third kappa shape index (κ3) is 3.02. The van der Waals surface area contributed by atoms with Gasteiger partial charge in [-0.1, -0.05) is 51.1 Å². The molecule has 0 unspecified atom stereocenters. The minimum atomic E-state index is -0.989. The van der Waals surface area contributed by atoms with Gasteiger partial charge in [0, 0.05) is 11.1 Å². The number of nitrogens with zero attached hydrogens (tertiary/aromatic N) is 2. The van der Waals surface area contributed by atoms with E-state index in [0.717, 1.165) is 11.3 Å². The molecule has 0 aliphatic carbocycles. The Morgan fingerprint density at radius 1 is 1.26 bits per heavy atom. The molecular weight excluding hydrogens is 240 g/mol. The summed E-state index contributed by atoms with van der Waals surface area (Å²) in [5, 5.41) is 13.3. The van der Waals surface area contributed by atoms with Crippen molar-refractivity contribution in [2.24, 2.45) is 0 Å². The lowest BCUT2D eigenvalue weighted by atomic mass is 9.91. The molecule has 2 aromatic rings. The maximum absolute atomic E-state index is 11.1. The van der Waals surface area contributed by atoms with Crippen molar-refractivity contribution >= 4 is 5.97 Å². The zero-order chi connectivity index (χ0) is 14.0. The fourth-order valence-electron chi connectivity index (χ4n) is 2.00. The highest BCUT2D eigenvalue weighted by Gasteiger charge is 2.23. The van der Waals surface area contributed by atoms with E-state index in [-0.39, 0.29) is 11.1 Å². The van der Waals surface area contributed by atoms with Crippen LogP contribution in [0, 0.1) is 0 Å². The molecule has 1 aromatic carbocycles. The van der Waals surface area contributed by atoms with Crippen molar-refractivity contribution in [3.8, 4) is 0 Å². The molecule has 0 bridgehead atoms. The van der Waals surface area contributed by atoms with E-state index in [1.54, 1.807) is 10.7 Å². The predicted molar refractivity (Wildman–Crippen MR) is 73.4 cm³/mol. The van der Waals surface area contributed by atoms with Crippen molar-refractivity contribution in [2.45, 2.75) is 32.7 Å². The number of benzene rings is 1. The normalized spacial score (nSPS) is 11.5. The lowest BCUT2D eigenvalue weighted by Gasteiger charge is -2.20. The van der Waals surface area contributed by atoms with Crippen LogP contribution in [-0.4, -0.2) is 20.9 Å². The molecule has 0 radical (unpaired) electrons. The van der Waals surface area contributed by atoms with Gasteiger partial charge < -0.3 is 5.11 Å². The summed E-state index contributed by atoms with van der Waals surface area (Å²) >= 11 is 0. The molecule has 19 heavy (non-hydrogen) atoms. The van der Waals surface area contributed by atoms with E-state index >= 15 is 0 Å². The minimum absolute atomic E-state index is 0.0980. The van der Waals surface area contributed by atoms with Crippen LogP contribution in [0.2, 0.25) is 0 Å². The summed E-state index contributed by atoms with van der Waals surface area (Å²) in [5.41, 5.74) is 1.98. The van der Waals surface area contributed by atoms with Crippen molar-refractivity contribution in [3.05, 3.63) is 53.3 Å². The van der Waals surface area contributed by atoms with E-state index in [0.29, 0.717) is 6.54 Å². The zero-order valence-corrected chi connectivity index (χ0v) is 11.4. The van der Waals surface area contributed by atoms with Crippen LogP contribution in [0.5, 0.6) is 0 Å². The molecule has 0 aliphatic rings. The van der Waals surface area contributed by atoms with Gasteiger partial charge in [0.1, 0.15) is 0 Å². The van der Waals surface area contributed by atoms with Crippen molar-refractivity contribution in [3.63, 3.8) is 0 Å². The Morgan fingerprint density at radius 2 is 1.89 bits per heavy atom. The van der Waals surface area contributed by atoms with Gasteiger partial charge >= 0.3 is 5.97 Å². The second kappa shape index (κ2) is 4.88. The Bertz CT molecular complexity index is 580. The smallest absolute Gasteiger partial charge is 0.356 e. The van der Waals surface area contributed by atoms with Crippen LogP contribution in [0.25, 0.3) is 0 Å². The van der Waals surface area contributed by atoms with Crippen LogP contribution in [0.15, 0.2) is 36.4 Å². The van der Waals surface area contributed by atoms with Gasteiger partial charge in [-0.05, 0) is 11.6 Å². The number of rotatable bonds is 3. The molecule has 0 fully saturated rings. The summed E-state index contributed by atoms with van der Waals surface area (Å²) in [6.07, 6.45) is 0. The van der Waals surface area contributed by atoms with E-state index in [2.05, 4.69) is 25.9 Å².